The SMILES string of the molecule is CC/C=C\C/C=C\C/C=C\C/C=C\C/C=C\C/C=C\C/C=C\C/C=C\C/C=C\C/C=C\C/C=C\CCCCCCCCCC(=O)NC(COC1OC(CO)C(O)C(O)C1O)C(O)/C=C/CCCCCCCCCC. The Balaban J connectivity index is 2.14. The van der Waals surface area contributed by atoms with E-state index in [0.29, 0.717) is 6.42 Å². The summed E-state index contributed by atoms with van der Waals surface area (Å²) in [5.74, 6) is -0.197. The van der Waals surface area contributed by atoms with Crippen LogP contribution < -0.4 is 5.32 Å². The zero-order valence-corrected chi connectivity index (χ0v) is 46.3. The lowest BCUT2D eigenvalue weighted by Crippen LogP contribution is -2.60. The molecule has 1 rings (SSSR count). The van der Waals surface area contributed by atoms with E-state index in [1.54, 1.807) is 6.08 Å². The number of carbonyl (C=O) groups excluding carboxylic acids is 1. The molecular weight excluding hydrogens is 923 g/mol. The standard InChI is InChI=1S/C65H105NO8/c1-3-5-7-9-11-13-15-16-17-18-19-20-21-22-23-24-25-26-27-28-29-30-31-32-33-34-35-36-37-38-39-40-41-42-43-44-45-47-49-51-53-55-61(69)66-58(57-73-65-64(72)63(71)62(70)60(56-67)74-65)59(68)54-52-50-48-46-14-12-10-8-6-4-2/h5,7,11,13,16-17,19-20,22-23,25-26,28-29,31-32,34-35,37-38,40-41,52,54,58-60,62-65,67-68,70-72H,3-4,6,8-10,12,14-15,18,21,24,27,30,33,36,39,42-51,53,55-57H2,1-2H3,(H,66,69)/b7-5-,13-11-,17-16-,20-19-,23-22-,26-25-,29-28-,32-31-,35-34-,38-37-,41-40-,54-52+. The van der Waals surface area contributed by atoms with Gasteiger partial charge in [-0.05, 0) is 103 Å². The monoisotopic (exact) mass is 1030 g/mol. The van der Waals surface area contributed by atoms with Gasteiger partial charge in [0.25, 0.3) is 0 Å². The van der Waals surface area contributed by atoms with Gasteiger partial charge in [0.2, 0.25) is 5.91 Å². The second-order valence-electron chi connectivity index (χ2n) is 19.4. The van der Waals surface area contributed by atoms with Crippen molar-refractivity contribution in [2.24, 2.45) is 0 Å². The van der Waals surface area contributed by atoms with Crippen LogP contribution in [0.25, 0.3) is 0 Å². The Labute approximate surface area is 451 Å². The maximum absolute atomic E-state index is 13.0. The van der Waals surface area contributed by atoms with Gasteiger partial charge in [-0.1, -0.05) is 237 Å². The largest absolute Gasteiger partial charge is 0.394 e. The summed E-state index contributed by atoms with van der Waals surface area (Å²) in [6.07, 6.45) is 75.0. The predicted octanol–water partition coefficient (Wildman–Crippen LogP) is 14.7. The lowest BCUT2D eigenvalue weighted by Gasteiger charge is -2.40. The average Bonchev–Trinajstić information content (AvgIpc) is 3.40. The van der Waals surface area contributed by atoms with Crippen molar-refractivity contribution in [3.05, 3.63) is 146 Å². The van der Waals surface area contributed by atoms with Gasteiger partial charge in [0, 0.05) is 6.42 Å². The molecule has 1 fully saturated rings. The molecule has 1 aliphatic heterocycles. The quantitative estimate of drug-likeness (QED) is 0.0261. The molecule has 418 valence electrons. The maximum atomic E-state index is 13.0. The van der Waals surface area contributed by atoms with E-state index in [0.717, 1.165) is 122 Å². The number of ether oxygens (including phenoxy) is 2. The predicted molar refractivity (Wildman–Crippen MR) is 313 cm³/mol. The minimum absolute atomic E-state index is 0.197. The van der Waals surface area contributed by atoms with Crippen molar-refractivity contribution in [3.8, 4) is 0 Å². The Morgan fingerprint density at radius 1 is 0.473 bits per heavy atom. The maximum Gasteiger partial charge on any atom is 0.220 e. The average molecular weight is 1030 g/mol. The molecule has 1 heterocycles. The van der Waals surface area contributed by atoms with E-state index >= 15 is 0 Å². The van der Waals surface area contributed by atoms with E-state index in [2.05, 4.69) is 153 Å². The first-order valence-corrected chi connectivity index (χ1v) is 29.1. The zero-order chi connectivity index (χ0) is 53.6. The fourth-order valence-corrected chi connectivity index (χ4v) is 8.10. The fraction of sp³-hybridized carbons (Fsp3) is 0.615. The number of rotatable bonds is 47. The van der Waals surface area contributed by atoms with Gasteiger partial charge in [-0.2, -0.15) is 0 Å². The fourth-order valence-electron chi connectivity index (χ4n) is 8.10. The molecule has 0 spiro atoms. The number of unbranched alkanes of at least 4 members (excludes halogenated alkanes) is 15. The molecule has 7 atom stereocenters. The van der Waals surface area contributed by atoms with Gasteiger partial charge >= 0.3 is 0 Å². The van der Waals surface area contributed by atoms with Crippen molar-refractivity contribution in [3.63, 3.8) is 0 Å². The molecule has 0 aliphatic carbocycles. The van der Waals surface area contributed by atoms with E-state index in [1.807, 2.05) is 6.08 Å². The first-order valence-electron chi connectivity index (χ1n) is 29.1. The summed E-state index contributed by atoms with van der Waals surface area (Å²) in [6.45, 7) is 3.61. The number of carbonyl (C=O) groups is 1. The summed E-state index contributed by atoms with van der Waals surface area (Å²) in [7, 11) is 0. The smallest absolute Gasteiger partial charge is 0.220 e. The third-order valence-electron chi connectivity index (χ3n) is 12.7. The molecule has 7 unspecified atom stereocenters. The van der Waals surface area contributed by atoms with Crippen LogP contribution in [0.3, 0.4) is 0 Å². The van der Waals surface area contributed by atoms with Gasteiger partial charge in [-0.25, -0.2) is 0 Å². The van der Waals surface area contributed by atoms with Crippen LogP contribution >= 0.6 is 0 Å². The second kappa shape index (κ2) is 52.5. The first-order chi connectivity index (χ1) is 36.3. The Morgan fingerprint density at radius 3 is 1.24 bits per heavy atom. The van der Waals surface area contributed by atoms with Crippen molar-refractivity contribution >= 4 is 5.91 Å². The Bertz CT molecular complexity index is 1660. The Morgan fingerprint density at radius 2 is 0.838 bits per heavy atom. The van der Waals surface area contributed by atoms with Crippen molar-refractivity contribution in [2.45, 2.75) is 243 Å². The molecule has 1 saturated heterocycles. The Hall–Kier alpha value is -3.93. The number of hydrogen-bond donors (Lipinski definition) is 6. The molecule has 0 saturated carbocycles. The normalized spacial score (nSPS) is 20.1. The highest BCUT2D eigenvalue weighted by atomic mass is 16.7. The third-order valence-corrected chi connectivity index (χ3v) is 12.7. The number of allylic oxidation sites excluding steroid dienone is 23. The van der Waals surface area contributed by atoms with Crippen molar-refractivity contribution in [1.82, 2.24) is 5.32 Å². The highest BCUT2D eigenvalue weighted by Crippen LogP contribution is 2.22. The van der Waals surface area contributed by atoms with E-state index < -0.39 is 49.5 Å². The van der Waals surface area contributed by atoms with Crippen LogP contribution in [0, 0.1) is 0 Å². The molecule has 0 bridgehead atoms. The molecule has 74 heavy (non-hydrogen) atoms. The van der Waals surface area contributed by atoms with Gasteiger partial charge in [0.15, 0.2) is 6.29 Å². The van der Waals surface area contributed by atoms with Gasteiger partial charge < -0.3 is 40.3 Å². The van der Waals surface area contributed by atoms with Gasteiger partial charge in [0.1, 0.15) is 24.4 Å². The van der Waals surface area contributed by atoms with Crippen molar-refractivity contribution in [1.29, 1.82) is 0 Å². The molecule has 9 nitrogen and oxygen atoms in total. The molecule has 6 N–H and O–H groups in total. The van der Waals surface area contributed by atoms with Crippen LogP contribution in [0.1, 0.15) is 200 Å². The molecule has 9 heteroatoms. The van der Waals surface area contributed by atoms with E-state index in [-0.39, 0.29) is 12.5 Å². The molecule has 0 aromatic carbocycles. The van der Waals surface area contributed by atoms with E-state index in [9.17, 15) is 30.3 Å². The van der Waals surface area contributed by atoms with Crippen LogP contribution in [0.5, 0.6) is 0 Å². The zero-order valence-electron chi connectivity index (χ0n) is 46.3. The molecule has 0 radical (unpaired) electrons. The molecular formula is C65H105NO8. The minimum Gasteiger partial charge on any atom is -0.394 e. The number of nitrogens with one attached hydrogen (secondary N) is 1. The summed E-state index contributed by atoms with van der Waals surface area (Å²) >= 11 is 0. The number of hydrogen-bond acceptors (Lipinski definition) is 8. The summed E-state index contributed by atoms with van der Waals surface area (Å²) in [4.78, 5) is 13.0. The van der Waals surface area contributed by atoms with Gasteiger partial charge in [-0.15, -0.1) is 0 Å². The third kappa shape index (κ3) is 41.3. The number of aliphatic hydroxyl groups excluding tert-OH is 5. The summed E-state index contributed by atoms with van der Waals surface area (Å²) in [6, 6.07) is -0.819. The van der Waals surface area contributed by atoms with Crippen LogP contribution in [0.2, 0.25) is 0 Å². The Kier molecular flexibility index (Phi) is 48.3. The summed E-state index contributed by atoms with van der Waals surface area (Å²) < 4.78 is 11.2. The van der Waals surface area contributed by atoms with Gasteiger partial charge in [0.05, 0.1) is 25.4 Å². The van der Waals surface area contributed by atoms with Crippen LogP contribution in [0.4, 0.5) is 0 Å². The molecule has 0 aromatic heterocycles. The topological polar surface area (TPSA) is 149 Å². The van der Waals surface area contributed by atoms with Crippen LogP contribution in [0.15, 0.2) is 146 Å². The highest BCUT2D eigenvalue weighted by Gasteiger charge is 2.44. The van der Waals surface area contributed by atoms with Crippen molar-refractivity contribution in [2.75, 3.05) is 13.2 Å². The minimum atomic E-state index is -1.58. The highest BCUT2D eigenvalue weighted by molar-refractivity contribution is 5.76. The lowest BCUT2D eigenvalue weighted by atomic mass is 9.99. The lowest BCUT2D eigenvalue weighted by molar-refractivity contribution is -0.302. The second-order valence-corrected chi connectivity index (χ2v) is 19.4. The molecule has 0 aromatic rings. The first kappa shape index (κ1) is 68.1. The van der Waals surface area contributed by atoms with E-state index in [4.69, 9.17) is 9.47 Å². The molecule has 1 amide bonds. The van der Waals surface area contributed by atoms with Gasteiger partial charge in [-0.3, -0.25) is 4.79 Å². The number of amides is 1. The van der Waals surface area contributed by atoms with Crippen molar-refractivity contribution < 1.29 is 39.8 Å². The van der Waals surface area contributed by atoms with Crippen LogP contribution in [-0.2, 0) is 14.3 Å². The van der Waals surface area contributed by atoms with E-state index in [1.165, 1.54) is 57.8 Å². The summed E-state index contributed by atoms with van der Waals surface area (Å²) in [5, 5.41) is 54.2. The number of aliphatic hydroxyl groups is 5. The van der Waals surface area contributed by atoms with Crippen LogP contribution in [-0.4, -0.2) is 87.5 Å². The molecule has 1 aliphatic rings. The summed E-state index contributed by atoms with van der Waals surface area (Å²) in [5.41, 5.74) is 0.